The number of aliphatic hydroxyl groups excluding tert-OH is 2. The first-order valence-electron chi connectivity index (χ1n) is 5.93. The number of hydrogen-bond acceptors (Lipinski definition) is 4. The summed E-state index contributed by atoms with van der Waals surface area (Å²) in [6.45, 7) is 0.431. The van der Waals surface area contributed by atoms with Crippen LogP contribution in [0.1, 0.15) is 29.2 Å². The summed E-state index contributed by atoms with van der Waals surface area (Å²) < 4.78 is 37.6. The molecule has 0 radical (unpaired) electrons. The molecule has 0 amide bonds. The minimum Gasteiger partial charge on any atom is -0.390 e. The Morgan fingerprint density at radius 3 is 2.50 bits per heavy atom. The van der Waals surface area contributed by atoms with Crippen molar-refractivity contribution in [2.75, 3.05) is 13.6 Å². The van der Waals surface area contributed by atoms with Crippen LogP contribution in [-0.2, 0) is 6.18 Å². The van der Waals surface area contributed by atoms with E-state index in [4.69, 9.17) is 5.26 Å². The van der Waals surface area contributed by atoms with Gasteiger partial charge in [0, 0.05) is 5.56 Å². The summed E-state index contributed by atoms with van der Waals surface area (Å²) in [7, 11) is 1.66. The van der Waals surface area contributed by atoms with Crippen LogP contribution >= 0.6 is 0 Å². The maximum absolute atomic E-state index is 12.5. The number of halogens is 3. The van der Waals surface area contributed by atoms with Crippen LogP contribution in [0.3, 0.4) is 0 Å². The Balaban J connectivity index is 3.04. The van der Waals surface area contributed by atoms with Crippen molar-refractivity contribution >= 4 is 0 Å². The first-order valence-corrected chi connectivity index (χ1v) is 5.93. The number of alkyl halides is 3. The van der Waals surface area contributed by atoms with Crippen molar-refractivity contribution in [1.82, 2.24) is 5.32 Å². The van der Waals surface area contributed by atoms with Gasteiger partial charge in [0.05, 0.1) is 23.3 Å². The molecule has 0 saturated heterocycles. The number of benzene rings is 1. The van der Waals surface area contributed by atoms with Crippen molar-refractivity contribution in [2.45, 2.75) is 24.8 Å². The summed E-state index contributed by atoms with van der Waals surface area (Å²) in [6, 6.07) is 4.09. The third-order valence-corrected chi connectivity index (χ3v) is 2.87. The molecule has 0 saturated carbocycles. The molecule has 0 fully saturated rings. The molecule has 20 heavy (non-hydrogen) atoms. The van der Waals surface area contributed by atoms with E-state index in [1.807, 2.05) is 0 Å². The third kappa shape index (κ3) is 3.93. The van der Waals surface area contributed by atoms with Gasteiger partial charge in [0.2, 0.25) is 0 Å². The SMILES string of the molecule is CNCCC(O)C(O)c1ccc(C(F)(F)F)cc1C#N. The number of aliphatic hydroxyl groups is 2. The average molecular weight is 288 g/mol. The van der Waals surface area contributed by atoms with Crippen LogP contribution in [-0.4, -0.2) is 29.9 Å². The highest BCUT2D eigenvalue weighted by atomic mass is 19.4. The fraction of sp³-hybridized carbons (Fsp3) is 0.462. The van der Waals surface area contributed by atoms with Crippen LogP contribution in [0.2, 0.25) is 0 Å². The highest BCUT2D eigenvalue weighted by Crippen LogP contribution is 2.32. The summed E-state index contributed by atoms with van der Waals surface area (Å²) in [5, 5.41) is 31.3. The van der Waals surface area contributed by atoms with Gasteiger partial charge in [-0.3, -0.25) is 0 Å². The Bertz CT molecular complexity index is 497. The summed E-state index contributed by atoms with van der Waals surface area (Å²) >= 11 is 0. The van der Waals surface area contributed by atoms with Gasteiger partial charge in [-0.15, -0.1) is 0 Å². The van der Waals surface area contributed by atoms with Gasteiger partial charge in [-0.2, -0.15) is 18.4 Å². The normalized spacial score (nSPS) is 14.7. The van der Waals surface area contributed by atoms with Gasteiger partial charge in [-0.25, -0.2) is 0 Å². The van der Waals surface area contributed by atoms with E-state index in [9.17, 15) is 23.4 Å². The van der Waals surface area contributed by atoms with Gasteiger partial charge < -0.3 is 15.5 Å². The molecule has 4 nitrogen and oxygen atoms in total. The van der Waals surface area contributed by atoms with Crippen LogP contribution in [0.4, 0.5) is 13.2 Å². The second kappa shape index (κ2) is 6.70. The zero-order valence-corrected chi connectivity index (χ0v) is 10.8. The molecule has 2 unspecified atom stereocenters. The van der Waals surface area contributed by atoms with Crippen molar-refractivity contribution in [3.63, 3.8) is 0 Å². The molecule has 110 valence electrons. The molecule has 0 bridgehead atoms. The van der Waals surface area contributed by atoms with Crippen molar-refractivity contribution in [2.24, 2.45) is 0 Å². The molecule has 0 aromatic heterocycles. The fourth-order valence-corrected chi connectivity index (χ4v) is 1.74. The number of nitrogens with one attached hydrogen (secondary N) is 1. The summed E-state index contributed by atoms with van der Waals surface area (Å²) in [4.78, 5) is 0. The van der Waals surface area contributed by atoms with Gasteiger partial charge >= 0.3 is 6.18 Å². The smallest absolute Gasteiger partial charge is 0.390 e. The minimum atomic E-state index is -4.56. The standard InChI is InChI=1S/C13H15F3N2O2/c1-18-5-4-11(19)12(20)10-3-2-9(13(14,15)16)6-8(10)7-17/h2-3,6,11-12,18-20H,4-5H2,1H3. The van der Waals surface area contributed by atoms with Crippen molar-refractivity contribution < 1.29 is 23.4 Å². The largest absolute Gasteiger partial charge is 0.416 e. The Morgan fingerprint density at radius 2 is 2.00 bits per heavy atom. The summed E-state index contributed by atoms with van der Waals surface area (Å²) in [5.74, 6) is 0. The van der Waals surface area contributed by atoms with Gasteiger partial charge in [-0.05, 0) is 32.1 Å². The second-order valence-electron chi connectivity index (χ2n) is 4.32. The number of rotatable bonds is 5. The Morgan fingerprint density at radius 1 is 1.35 bits per heavy atom. The van der Waals surface area contributed by atoms with Crippen molar-refractivity contribution in [1.29, 1.82) is 5.26 Å². The fourth-order valence-electron chi connectivity index (χ4n) is 1.74. The van der Waals surface area contributed by atoms with Crippen LogP contribution in [0, 0.1) is 11.3 Å². The lowest BCUT2D eigenvalue weighted by Gasteiger charge is -2.19. The highest BCUT2D eigenvalue weighted by molar-refractivity contribution is 5.43. The van der Waals surface area contributed by atoms with Gasteiger partial charge in [0.15, 0.2) is 0 Å². The maximum Gasteiger partial charge on any atom is 0.416 e. The molecule has 7 heteroatoms. The van der Waals surface area contributed by atoms with Crippen molar-refractivity contribution in [3.8, 4) is 6.07 Å². The van der Waals surface area contributed by atoms with Crippen LogP contribution in [0.15, 0.2) is 18.2 Å². The molecule has 1 rings (SSSR count). The summed E-state index contributed by atoms with van der Waals surface area (Å²) in [6.07, 6.45) is -6.91. The molecule has 3 N–H and O–H groups in total. The predicted molar refractivity (Wildman–Crippen MR) is 65.7 cm³/mol. The van der Waals surface area contributed by atoms with Gasteiger partial charge in [0.1, 0.15) is 6.10 Å². The maximum atomic E-state index is 12.5. The van der Waals surface area contributed by atoms with E-state index in [-0.39, 0.29) is 17.5 Å². The first kappa shape index (κ1) is 16.4. The van der Waals surface area contributed by atoms with Crippen LogP contribution in [0.25, 0.3) is 0 Å². The Labute approximate surface area is 114 Å². The Hall–Kier alpha value is -1.62. The lowest BCUT2D eigenvalue weighted by Crippen LogP contribution is -2.24. The van der Waals surface area contributed by atoms with Gasteiger partial charge in [-0.1, -0.05) is 6.07 Å². The van der Waals surface area contributed by atoms with Gasteiger partial charge in [0.25, 0.3) is 0 Å². The lowest BCUT2D eigenvalue weighted by atomic mass is 9.95. The van der Waals surface area contributed by atoms with E-state index in [0.717, 1.165) is 12.1 Å². The zero-order chi connectivity index (χ0) is 15.3. The summed E-state index contributed by atoms with van der Waals surface area (Å²) in [5.41, 5.74) is -1.27. The molecule has 2 atom stereocenters. The minimum absolute atomic E-state index is 0.0101. The predicted octanol–water partition coefficient (Wildman–Crippen LogP) is 1.58. The van der Waals surface area contributed by atoms with E-state index in [1.54, 1.807) is 13.1 Å². The third-order valence-electron chi connectivity index (χ3n) is 2.87. The molecule has 0 aliphatic rings. The quantitative estimate of drug-likeness (QED) is 0.769. The Kier molecular flexibility index (Phi) is 5.51. The number of nitriles is 1. The zero-order valence-electron chi connectivity index (χ0n) is 10.8. The van der Waals surface area contributed by atoms with E-state index < -0.39 is 23.9 Å². The topological polar surface area (TPSA) is 76.3 Å². The van der Waals surface area contributed by atoms with Crippen molar-refractivity contribution in [3.05, 3.63) is 34.9 Å². The van der Waals surface area contributed by atoms with E-state index in [2.05, 4.69) is 5.32 Å². The average Bonchev–Trinajstić information content (AvgIpc) is 2.42. The highest BCUT2D eigenvalue weighted by Gasteiger charge is 2.32. The molecular formula is C13H15F3N2O2. The lowest BCUT2D eigenvalue weighted by molar-refractivity contribution is -0.137. The molecule has 0 heterocycles. The number of hydrogen-bond donors (Lipinski definition) is 3. The molecule has 1 aromatic rings. The molecule has 1 aromatic carbocycles. The van der Waals surface area contributed by atoms with E-state index in [0.29, 0.717) is 12.6 Å². The second-order valence-corrected chi connectivity index (χ2v) is 4.32. The molecule has 0 aliphatic carbocycles. The van der Waals surface area contributed by atoms with E-state index >= 15 is 0 Å². The van der Waals surface area contributed by atoms with Crippen LogP contribution < -0.4 is 5.32 Å². The molecule has 0 aliphatic heterocycles. The van der Waals surface area contributed by atoms with E-state index in [1.165, 1.54) is 0 Å². The molecule has 0 spiro atoms. The molecular weight excluding hydrogens is 273 g/mol. The monoisotopic (exact) mass is 288 g/mol. The van der Waals surface area contributed by atoms with Crippen LogP contribution in [0.5, 0.6) is 0 Å². The first-order chi connectivity index (χ1) is 9.31. The number of nitrogens with zero attached hydrogens (tertiary/aromatic N) is 1.